The fraction of sp³-hybridized carbons (Fsp3) is 0.160. The molecule has 0 unspecified atom stereocenters. The normalized spacial score (nSPS) is 11.7. The van der Waals surface area contributed by atoms with Crippen LogP contribution in [0.2, 0.25) is 0 Å². The van der Waals surface area contributed by atoms with Gasteiger partial charge in [-0.05, 0) is 46.7 Å². The molecule has 0 saturated carbocycles. The van der Waals surface area contributed by atoms with Gasteiger partial charge in [-0.15, -0.1) is 0 Å². The molecule has 0 aliphatic rings. The zero-order valence-corrected chi connectivity index (χ0v) is 15.9. The van der Waals surface area contributed by atoms with Crippen LogP contribution in [0.5, 0.6) is 5.75 Å². The van der Waals surface area contributed by atoms with Gasteiger partial charge >= 0.3 is 11.3 Å². The average molecular weight is 355 g/mol. The molecule has 4 rings (SSSR count). The van der Waals surface area contributed by atoms with E-state index in [9.17, 15) is 0 Å². The minimum Gasteiger partial charge on any atom is -0.497 e. The van der Waals surface area contributed by atoms with Gasteiger partial charge in [0.15, 0.2) is 0 Å². The van der Waals surface area contributed by atoms with E-state index in [2.05, 4.69) is 80.6 Å². The highest BCUT2D eigenvalue weighted by molar-refractivity contribution is 6.06. The lowest BCUT2D eigenvalue weighted by atomic mass is 9.99. The molecule has 0 fully saturated rings. The smallest absolute Gasteiger partial charge is 0.360 e. The van der Waals surface area contributed by atoms with Crippen molar-refractivity contribution >= 4 is 33.9 Å². The maximum atomic E-state index is 6.32. The van der Waals surface area contributed by atoms with Crippen LogP contribution < -0.4 is 4.74 Å². The second-order valence-electron chi connectivity index (χ2n) is 7.03. The molecule has 1 aromatic heterocycles. The molecule has 0 radical (unpaired) electrons. The predicted octanol–water partition coefficient (Wildman–Crippen LogP) is 7.17. The molecule has 0 bridgehead atoms. The number of hydrogen-bond acceptors (Lipinski definition) is 1. The van der Waals surface area contributed by atoms with E-state index in [1.165, 1.54) is 10.8 Å². The van der Waals surface area contributed by atoms with E-state index in [1.54, 1.807) is 7.11 Å². The van der Waals surface area contributed by atoms with Gasteiger partial charge < -0.3 is 4.74 Å². The van der Waals surface area contributed by atoms with E-state index >= 15 is 0 Å². The Morgan fingerprint density at radius 2 is 1.63 bits per heavy atom. The van der Waals surface area contributed by atoms with Crippen molar-refractivity contribution in [2.24, 2.45) is 0 Å². The fourth-order valence-corrected chi connectivity index (χ4v) is 3.40. The van der Waals surface area contributed by atoms with E-state index in [0.717, 1.165) is 33.6 Å². The quantitative estimate of drug-likeness (QED) is 0.286. The summed E-state index contributed by atoms with van der Waals surface area (Å²) in [5.74, 6) is 2.17. The minimum absolute atomic E-state index is 0.302. The van der Waals surface area contributed by atoms with Crippen LogP contribution in [-0.4, -0.2) is 7.11 Å². The van der Waals surface area contributed by atoms with Crippen molar-refractivity contribution in [1.82, 2.24) is 0 Å². The van der Waals surface area contributed by atoms with Gasteiger partial charge in [0.1, 0.15) is 5.75 Å². The summed E-state index contributed by atoms with van der Waals surface area (Å²) in [6.07, 6.45) is 4.26. The zero-order valence-electron chi connectivity index (χ0n) is 15.9. The lowest BCUT2D eigenvalue weighted by Gasteiger charge is -2.04. The van der Waals surface area contributed by atoms with Crippen LogP contribution >= 0.6 is 0 Å². The van der Waals surface area contributed by atoms with Gasteiger partial charge in [-0.2, -0.15) is 0 Å². The standard InChI is InChI=1S/C25H23O2/c1-17(2)25-20(11-8-18-9-13-21(26-3)14-10-18)16-23-22-7-5-4-6-19(22)12-15-24(23)27-25/h4-17H,1-3H3/q+1. The molecule has 0 amide bonds. The van der Waals surface area contributed by atoms with Crippen molar-refractivity contribution in [1.29, 1.82) is 0 Å². The van der Waals surface area contributed by atoms with Gasteiger partial charge in [-0.25, -0.2) is 4.42 Å². The summed E-state index contributed by atoms with van der Waals surface area (Å²) in [5.41, 5.74) is 3.17. The summed E-state index contributed by atoms with van der Waals surface area (Å²) in [4.78, 5) is 0. The molecule has 0 N–H and O–H groups in total. The zero-order chi connectivity index (χ0) is 18.8. The molecule has 1 heterocycles. The summed E-state index contributed by atoms with van der Waals surface area (Å²) in [7, 11) is 1.68. The second kappa shape index (κ2) is 7.24. The molecule has 0 atom stereocenters. The fourth-order valence-electron chi connectivity index (χ4n) is 3.40. The molecule has 2 nitrogen and oxygen atoms in total. The molecule has 0 saturated heterocycles. The highest BCUT2D eigenvalue weighted by Gasteiger charge is 2.22. The Bertz CT molecular complexity index is 1120. The minimum atomic E-state index is 0.302. The Balaban J connectivity index is 1.84. The number of methoxy groups -OCH3 is 1. The summed E-state index contributed by atoms with van der Waals surface area (Å²) in [5, 5.41) is 3.59. The lowest BCUT2D eigenvalue weighted by molar-refractivity contribution is 0.415. The number of ether oxygens (including phenoxy) is 1. The molecule has 0 aliphatic heterocycles. The number of hydrogen-bond donors (Lipinski definition) is 0. The molecule has 2 heteroatoms. The topological polar surface area (TPSA) is 20.5 Å². The summed E-state index contributed by atoms with van der Waals surface area (Å²) >= 11 is 0. The van der Waals surface area contributed by atoms with Crippen LogP contribution in [0.1, 0.15) is 36.7 Å². The molecule has 134 valence electrons. The van der Waals surface area contributed by atoms with E-state index in [0.29, 0.717) is 5.92 Å². The first-order valence-corrected chi connectivity index (χ1v) is 9.26. The van der Waals surface area contributed by atoms with Crippen LogP contribution in [0, 0.1) is 0 Å². The third kappa shape index (κ3) is 3.43. The van der Waals surface area contributed by atoms with Gasteiger partial charge in [-0.3, -0.25) is 0 Å². The van der Waals surface area contributed by atoms with Gasteiger partial charge in [0, 0.05) is 6.07 Å². The third-order valence-corrected chi connectivity index (χ3v) is 4.83. The first-order chi connectivity index (χ1) is 13.2. The Kier molecular flexibility index (Phi) is 4.64. The van der Waals surface area contributed by atoms with Crippen molar-refractivity contribution < 1.29 is 9.15 Å². The Morgan fingerprint density at radius 1 is 0.852 bits per heavy atom. The van der Waals surface area contributed by atoms with Gasteiger partial charge in [0.2, 0.25) is 0 Å². The molecule has 0 aliphatic carbocycles. The third-order valence-electron chi connectivity index (χ3n) is 4.83. The largest absolute Gasteiger partial charge is 0.497 e. The molecular weight excluding hydrogens is 332 g/mol. The maximum Gasteiger partial charge on any atom is 0.360 e. The molecular formula is C25H23O2+. The van der Waals surface area contributed by atoms with Gasteiger partial charge in [0.25, 0.3) is 0 Å². The predicted molar refractivity (Wildman–Crippen MR) is 114 cm³/mol. The van der Waals surface area contributed by atoms with Gasteiger partial charge in [-0.1, -0.05) is 56.3 Å². The van der Waals surface area contributed by atoms with Crippen molar-refractivity contribution in [2.45, 2.75) is 19.8 Å². The number of rotatable bonds is 4. The Hall–Kier alpha value is -3.13. The van der Waals surface area contributed by atoms with Crippen LogP contribution in [-0.2, 0) is 0 Å². The van der Waals surface area contributed by atoms with Crippen LogP contribution in [0.15, 0.2) is 71.1 Å². The Labute approximate surface area is 159 Å². The van der Waals surface area contributed by atoms with Crippen molar-refractivity contribution in [2.75, 3.05) is 7.11 Å². The monoisotopic (exact) mass is 355 g/mol. The second-order valence-corrected chi connectivity index (χ2v) is 7.03. The van der Waals surface area contributed by atoms with E-state index in [4.69, 9.17) is 9.15 Å². The van der Waals surface area contributed by atoms with E-state index in [-0.39, 0.29) is 0 Å². The molecule has 3 aromatic carbocycles. The highest BCUT2D eigenvalue weighted by Crippen LogP contribution is 2.32. The van der Waals surface area contributed by atoms with Crippen molar-refractivity contribution in [3.05, 3.63) is 83.6 Å². The molecule has 27 heavy (non-hydrogen) atoms. The maximum absolute atomic E-state index is 6.32. The Morgan fingerprint density at radius 3 is 2.37 bits per heavy atom. The van der Waals surface area contributed by atoms with E-state index in [1.807, 2.05) is 12.1 Å². The van der Waals surface area contributed by atoms with Crippen LogP contribution in [0.25, 0.3) is 33.9 Å². The molecule has 0 spiro atoms. The van der Waals surface area contributed by atoms with Crippen molar-refractivity contribution in [3.63, 3.8) is 0 Å². The molecule has 4 aromatic rings. The van der Waals surface area contributed by atoms with Crippen molar-refractivity contribution in [3.8, 4) is 5.75 Å². The average Bonchev–Trinajstić information content (AvgIpc) is 2.71. The lowest BCUT2D eigenvalue weighted by Crippen LogP contribution is -1.93. The van der Waals surface area contributed by atoms with Gasteiger partial charge in [0.05, 0.1) is 24.0 Å². The summed E-state index contributed by atoms with van der Waals surface area (Å²) in [6.45, 7) is 4.33. The summed E-state index contributed by atoms with van der Waals surface area (Å²) < 4.78 is 11.5. The SMILES string of the molecule is COc1ccc(C=Cc2cc3c(ccc4ccccc43)[o+]c2C(C)C)cc1. The number of benzene rings is 3. The van der Waals surface area contributed by atoms with E-state index < -0.39 is 0 Å². The first-order valence-electron chi connectivity index (χ1n) is 9.26. The van der Waals surface area contributed by atoms with Crippen LogP contribution in [0.3, 0.4) is 0 Å². The van der Waals surface area contributed by atoms with Crippen LogP contribution in [0.4, 0.5) is 0 Å². The highest BCUT2D eigenvalue weighted by atomic mass is 16.5. The number of fused-ring (bicyclic) bond motifs is 3. The summed E-state index contributed by atoms with van der Waals surface area (Å²) in [6, 6.07) is 22.9. The first kappa shape index (κ1) is 17.3.